The summed E-state index contributed by atoms with van der Waals surface area (Å²) in [5.41, 5.74) is 1.86. The summed E-state index contributed by atoms with van der Waals surface area (Å²) in [6.45, 7) is 0.790. The van der Waals surface area contributed by atoms with Crippen LogP contribution in [0.1, 0.15) is 22.2 Å². The largest absolute Gasteiger partial charge is 0.395 e. The van der Waals surface area contributed by atoms with Crippen LogP contribution >= 0.6 is 11.3 Å². The van der Waals surface area contributed by atoms with Crippen LogP contribution in [0.25, 0.3) is 0 Å². The maximum Gasteiger partial charge on any atom is 0.262 e. The second-order valence-corrected chi connectivity index (χ2v) is 11.3. The molecule has 1 atom stereocenters. The van der Waals surface area contributed by atoms with Crippen LogP contribution in [-0.4, -0.2) is 63.7 Å². The number of anilines is 2. The summed E-state index contributed by atoms with van der Waals surface area (Å²) >= 11 is 1.57. The van der Waals surface area contributed by atoms with Gasteiger partial charge in [0.05, 0.1) is 25.2 Å². The van der Waals surface area contributed by atoms with Gasteiger partial charge in [-0.3, -0.25) is 0 Å². The highest BCUT2D eigenvalue weighted by molar-refractivity contribution is 7.89. The summed E-state index contributed by atoms with van der Waals surface area (Å²) < 4.78 is 35.0. The van der Waals surface area contributed by atoms with E-state index in [1.54, 1.807) is 15.9 Å². The third-order valence-corrected chi connectivity index (χ3v) is 8.38. The number of aliphatic hydroxyl groups excluding tert-OH is 1. The highest BCUT2D eigenvalue weighted by atomic mass is 32.2. The lowest BCUT2D eigenvalue weighted by atomic mass is 10.1. The lowest BCUT2D eigenvalue weighted by molar-refractivity contribution is -0.00492. The third kappa shape index (κ3) is 5.63. The lowest BCUT2D eigenvalue weighted by Crippen LogP contribution is -2.42. The van der Waals surface area contributed by atoms with Gasteiger partial charge < -0.3 is 19.7 Å². The molecule has 3 aromatic heterocycles. The molecule has 0 radical (unpaired) electrons. The van der Waals surface area contributed by atoms with Gasteiger partial charge in [-0.1, -0.05) is 36.4 Å². The maximum atomic E-state index is 13.1. The van der Waals surface area contributed by atoms with E-state index in [2.05, 4.69) is 32.4 Å². The normalized spacial score (nSPS) is 16.8. The smallest absolute Gasteiger partial charge is 0.262 e. The number of nitrogens with zero attached hydrogens (tertiary/aromatic N) is 5. The second kappa shape index (κ2) is 10.8. The Hall–Kier alpha value is -3.16. The number of sulfonamides is 1. The Balaban J connectivity index is 1.26. The Morgan fingerprint density at radius 2 is 2.00 bits per heavy atom. The number of hydrogen-bond donors (Lipinski definition) is 2. The van der Waals surface area contributed by atoms with E-state index < -0.39 is 16.1 Å². The molecule has 12 heteroatoms. The number of aromatic nitrogens is 4. The topological polar surface area (TPSA) is 122 Å². The monoisotopic (exact) mass is 526 g/mol. The molecule has 0 aliphatic carbocycles. The molecule has 1 aromatic carbocycles. The molecule has 188 valence electrons. The van der Waals surface area contributed by atoms with Crippen molar-refractivity contribution in [3.05, 3.63) is 83.4 Å². The molecule has 1 aliphatic rings. The highest BCUT2D eigenvalue weighted by Gasteiger charge is 2.33. The van der Waals surface area contributed by atoms with Gasteiger partial charge in [0.25, 0.3) is 10.0 Å². The van der Waals surface area contributed by atoms with Gasteiger partial charge in [-0.2, -0.15) is 4.31 Å². The molecule has 0 saturated carbocycles. The lowest BCUT2D eigenvalue weighted by Gasteiger charge is -2.31. The molecule has 1 unspecified atom stereocenters. The number of hydrogen-bond acceptors (Lipinski definition) is 9. The Morgan fingerprint density at radius 1 is 1.14 bits per heavy atom. The van der Waals surface area contributed by atoms with E-state index in [4.69, 9.17) is 9.84 Å². The van der Waals surface area contributed by atoms with Crippen LogP contribution in [0.3, 0.4) is 0 Å². The maximum absolute atomic E-state index is 13.1. The standard InChI is InChI=1S/C24H26N6O4S2/c31-11-9-29-16-23(26-17-29)36(32,33)30-10-12-34-21(15-30)20-7-4-8-22(27-20)28-24-25-14-19(35-24)13-18-5-2-1-3-6-18/h1-8,14,16-17,21,31H,9-13,15H2,(H,25,27,28). The first-order valence-corrected chi connectivity index (χ1v) is 13.7. The van der Waals surface area contributed by atoms with E-state index in [9.17, 15) is 8.42 Å². The number of pyridine rings is 1. The van der Waals surface area contributed by atoms with Gasteiger partial charge in [0.15, 0.2) is 10.2 Å². The van der Waals surface area contributed by atoms with Gasteiger partial charge >= 0.3 is 0 Å². The summed E-state index contributed by atoms with van der Waals surface area (Å²) in [5.74, 6) is 0.611. The van der Waals surface area contributed by atoms with E-state index >= 15 is 0 Å². The highest BCUT2D eigenvalue weighted by Crippen LogP contribution is 2.28. The average molecular weight is 527 g/mol. The van der Waals surface area contributed by atoms with Crippen LogP contribution in [0.15, 0.2) is 72.3 Å². The summed E-state index contributed by atoms with van der Waals surface area (Å²) in [6.07, 6.45) is 4.99. The summed E-state index contributed by atoms with van der Waals surface area (Å²) in [7, 11) is -3.79. The van der Waals surface area contributed by atoms with Gasteiger partial charge in [-0.05, 0) is 17.7 Å². The van der Waals surface area contributed by atoms with Crippen molar-refractivity contribution in [3.63, 3.8) is 0 Å². The van der Waals surface area contributed by atoms with Crippen LogP contribution in [-0.2, 0) is 27.7 Å². The van der Waals surface area contributed by atoms with Crippen molar-refractivity contribution in [3.8, 4) is 0 Å². The van der Waals surface area contributed by atoms with Crippen molar-refractivity contribution in [2.24, 2.45) is 0 Å². The fraction of sp³-hybridized carbons (Fsp3) is 0.292. The molecule has 2 N–H and O–H groups in total. The molecule has 0 amide bonds. The zero-order valence-corrected chi connectivity index (χ0v) is 21.0. The van der Waals surface area contributed by atoms with Crippen molar-refractivity contribution in [1.82, 2.24) is 23.8 Å². The Morgan fingerprint density at radius 3 is 2.83 bits per heavy atom. The SMILES string of the molecule is O=S(=O)(c1cn(CCO)cn1)N1CCOC(c2cccc(Nc3ncc(Cc4ccccc4)s3)n2)C1. The summed E-state index contributed by atoms with van der Waals surface area (Å²) in [5, 5.41) is 13.0. The van der Waals surface area contributed by atoms with Crippen molar-refractivity contribution in [1.29, 1.82) is 0 Å². The van der Waals surface area contributed by atoms with Gasteiger partial charge in [0.1, 0.15) is 11.9 Å². The first-order chi connectivity index (χ1) is 17.5. The number of imidazole rings is 1. The number of benzene rings is 1. The van der Waals surface area contributed by atoms with Crippen molar-refractivity contribution in [2.75, 3.05) is 31.6 Å². The fourth-order valence-electron chi connectivity index (χ4n) is 3.92. The molecule has 36 heavy (non-hydrogen) atoms. The molecule has 10 nitrogen and oxygen atoms in total. The Labute approximate surface area is 213 Å². The molecule has 4 heterocycles. The zero-order valence-electron chi connectivity index (χ0n) is 19.4. The molecular formula is C24H26N6O4S2. The predicted octanol–water partition coefficient (Wildman–Crippen LogP) is 2.82. The van der Waals surface area contributed by atoms with Crippen LogP contribution in [0.5, 0.6) is 0 Å². The molecule has 0 spiro atoms. The van der Waals surface area contributed by atoms with E-state index in [0.717, 1.165) is 16.4 Å². The minimum Gasteiger partial charge on any atom is -0.395 e. The predicted molar refractivity (Wildman–Crippen MR) is 136 cm³/mol. The summed E-state index contributed by atoms with van der Waals surface area (Å²) in [4.78, 5) is 14.3. The van der Waals surface area contributed by atoms with Crippen LogP contribution in [0.4, 0.5) is 10.9 Å². The van der Waals surface area contributed by atoms with Gasteiger partial charge in [-0.25, -0.2) is 23.4 Å². The van der Waals surface area contributed by atoms with Crippen molar-refractivity contribution < 1.29 is 18.3 Å². The number of aliphatic hydroxyl groups is 1. The van der Waals surface area contributed by atoms with Crippen molar-refractivity contribution >= 4 is 32.3 Å². The van der Waals surface area contributed by atoms with E-state index in [1.165, 1.54) is 22.4 Å². The number of rotatable bonds is 9. The van der Waals surface area contributed by atoms with E-state index in [-0.39, 0.29) is 37.9 Å². The minimum absolute atomic E-state index is 0.0462. The molecule has 1 saturated heterocycles. The number of nitrogens with one attached hydrogen (secondary N) is 1. The Kier molecular flexibility index (Phi) is 7.39. The number of ether oxygens (including phenoxy) is 1. The number of morpholine rings is 1. The molecule has 1 aliphatic heterocycles. The van der Waals surface area contributed by atoms with Crippen LogP contribution in [0.2, 0.25) is 0 Å². The van der Waals surface area contributed by atoms with Gasteiger partial charge in [0, 0.05) is 43.3 Å². The number of thiazole rings is 1. The van der Waals surface area contributed by atoms with Crippen molar-refractivity contribution in [2.45, 2.75) is 24.1 Å². The van der Waals surface area contributed by atoms with Gasteiger partial charge in [-0.15, -0.1) is 11.3 Å². The van der Waals surface area contributed by atoms with E-state index in [1.807, 2.05) is 42.6 Å². The molecular weight excluding hydrogens is 500 g/mol. The fourth-order valence-corrected chi connectivity index (χ4v) is 6.13. The first-order valence-electron chi connectivity index (χ1n) is 11.5. The molecule has 0 bridgehead atoms. The molecule has 4 aromatic rings. The summed E-state index contributed by atoms with van der Waals surface area (Å²) in [6, 6.07) is 15.7. The average Bonchev–Trinajstić information content (AvgIpc) is 3.55. The minimum atomic E-state index is -3.79. The zero-order chi connectivity index (χ0) is 25.0. The van der Waals surface area contributed by atoms with E-state index in [0.29, 0.717) is 11.5 Å². The molecule has 1 fully saturated rings. The Bertz CT molecular complexity index is 1410. The first kappa shape index (κ1) is 24.5. The third-order valence-electron chi connectivity index (χ3n) is 5.71. The van der Waals surface area contributed by atoms with Crippen LogP contribution < -0.4 is 5.32 Å². The second-order valence-electron chi connectivity index (χ2n) is 8.26. The van der Waals surface area contributed by atoms with Crippen LogP contribution in [0, 0.1) is 0 Å². The van der Waals surface area contributed by atoms with Gasteiger partial charge in [0.2, 0.25) is 0 Å². The quantitative estimate of drug-likeness (QED) is 0.341. The molecule has 5 rings (SSSR count).